The molecule has 1 aliphatic heterocycles. The molecule has 0 radical (unpaired) electrons. The zero-order valence-electron chi connectivity index (χ0n) is 14.3. The van der Waals surface area contributed by atoms with Crippen molar-refractivity contribution in [3.63, 3.8) is 0 Å². The van der Waals surface area contributed by atoms with E-state index in [0.29, 0.717) is 12.0 Å². The standard InChI is InChI=1S/C16H33N3O/c1-15(2,3)13-12(9-8-10-20-13)11-18-14(17-7)19-16(4,5)6/h12-13H,8-11H2,1-7H3,(H2,17,18,19). The van der Waals surface area contributed by atoms with Crippen LogP contribution in [-0.4, -0.2) is 37.8 Å². The number of hydrogen-bond acceptors (Lipinski definition) is 2. The van der Waals surface area contributed by atoms with E-state index in [4.69, 9.17) is 4.74 Å². The SMILES string of the molecule is CN=C(NCC1CCCOC1C(C)(C)C)NC(C)(C)C. The first-order chi connectivity index (χ1) is 9.13. The Bertz CT molecular complexity index is 326. The molecule has 0 aromatic rings. The average Bonchev–Trinajstić information content (AvgIpc) is 2.32. The highest BCUT2D eigenvalue weighted by atomic mass is 16.5. The van der Waals surface area contributed by atoms with E-state index in [1.165, 1.54) is 6.42 Å². The molecule has 0 amide bonds. The Morgan fingerprint density at radius 3 is 2.35 bits per heavy atom. The monoisotopic (exact) mass is 283 g/mol. The van der Waals surface area contributed by atoms with Crippen LogP contribution in [0.15, 0.2) is 4.99 Å². The molecule has 0 spiro atoms. The van der Waals surface area contributed by atoms with Gasteiger partial charge in [-0.1, -0.05) is 20.8 Å². The van der Waals surface area contributed by atoms with Crippen molar-refractivity contribution in [2.45, 2.75) is 66.0 Å². The van der Waals surface area contributed by atoms with Crippen LogP contribution in [0.1, 0.15) is 54.4 Å². The summed E-state index contributed by atoms with van der Waals surface area (Å²) in [5, 5.41) is 6.85. The van der Waals surface area contributed by atoms with Crippen LogP contribution >= 0.6 is 0 Å². The fourth-order valence-electron chi connectivity index (χ4n) is 2.77. The van der Waals surface area contributed by atoms with E-state index in [1.807, 2.05) is 7.05 Å². The van der Waals surface area contributed by atoms with Crippen LogP contribution in [0.2, 0.25) is 0 Å². The van der Waals surface area contributed by atoms with Crippen molar-refractivity contribution >= 4 is 5.96 Å². The largest absolute Gasteiger partial charge is 0.377 e. The maximum atomic E-state index is 6.02. The van der Waals surface area contributed by atoms with Crippen LogP contribution in [-0.2, 0) is 4.74 Å². The molecule has 1 rings (SSSR count). The summed E-state index contributed by atoms with van der Waals surface area (Å²) in [6.07, 6.45) is 2.70. The Hall–Kier alpha value is -0.770. The van der Waals surface area contributed by atoms with Crippen molar-refractivity contribution in [2.24, 2.45) is 16.3 Å². The maximum Gasteiger partial charge on any atom is 0.191 e. The molecule has 2 N–H and O–H groups in total. The summed E-state index contributed by atoms with van der Waals surface area (Å²) < 4.78 is 6.02. The number of guanidine groups is 1. The summed E-state index contributed by atoms with van der Waals surface area (Å²) in [6, 6.07) is 0. The molecular formula is C16H33N3O. The molecule has 20 heavy (non-hydrogen) atoms. The number of nitrogens with zero attached hydrogens (tertiary/aromatic N) is 1. The van der Waals surface area contributed by atoms with Crippen LogP contribution < -0.4 is 10.6 Å². The Morgan fingerprint density at radius 2 is 1.85 bits per heavy atom. The predicted octanol–water partition coefficient (Wildman–Crippen LogP) is 2.79. The normalized spacial score (nSPS) is 25.4. The Labute approximate surface area is 124 Å². The fraction of sp³-hybridized carbons (Fsp3) is 0.938. The van der Waals surface area contributed by atoms with Gasteiger partial charge in [0.25, 0.3) is 0 Å². The summed E-state index contributed by atoms with van der Waals surface area (Å²) in [7, 11) is 1.82. The molecule has 1 saturated heterocycles. The minimum Gasteiger partial charge on any atom is -0.377 e. The lowest BCUT2D eigenvalue weighted by Gasteiger charge is -2.40. The van der Waals surface area contributed by atoms with Gasteiger partial charge in [0.1, 0.15) is 0 Å². The first kappa shape index (κ1) is 17.3. The molecule has 4 nitrogen and oxygen atoms in total. The summed E-state index contributed by atoms with van der Waals surface area (Å²) in [4.78, 5) is 4.30. The number of hydrogen-bond donors (Lipinski definition) is 2. The van der Waals surface area contributed by atoms with Gasteiger partial charge in [0, 0.05) is 31.7 Å². The zero-order chi connectivity index (χ0) is 15.4. The second-order valence-corrected chi connectivity index (χ2v) is 7.89. The van der Waals surface area contributed by atoms with E-state index in [-0.39, 0.29) is 11.0 Å². The molecule has 1 aliphatic rings. The average molecular weight is 283 g/mol. The molecule has 0 bridgehead atoms. The van der Waals surface area contributed by atoms with Gasteiger partial charge in [0.05, 0.1) is 6.10 Å². The van der Waals surface area contributed by atoms with Crippen LogP contribution in [0.3, 0.4) is 0 Å². The molecule has 1 heterocycles. The van der Waals surface area contributed by atoms with Gasteiger partial charge in [-0.2, -0.15) is 0 Å². The maximum absolute atomic E-state index is 6.02. The van der Waals surface area contributed by atoms with Gasteiger partial charge < -0.3 is 15.4 Å². The van der Waals surface area contributed by atoms with Gasteiger partial charge in [-0.05, 0) is 39.0 Å². The minimum absolute atomic E-state index is 0.0222. The summed E-state index contributed by atoms with van der Waals surface area (Å²) >= 11 is 0. The highest BCUT2D eigenvalue weighted by Crippen LogP contribution is 2.33. The second-order valence-electron chi connectivity index (χ2n) is 7.89. The summed E-state index contributed by atoms with van der Waals surface area (Å²) in [5.74, 6) is 1.41. The molecule has 0 aromatic carbocycles. The Morgan fingerprint density at radius 1 is 1.20 bits per heavy atom. The quantitative estimate of drug-likeness (QED) is 0.605. The molecule has 0 saturated carbocycles. The van der Waals surface area contributed by atoms with Crippen LogP contribution in [0, 0.1) is 11.3 Å². The molecule has 118 valence electrons. The third-order valence-electron chi connectivity index (χ3n) is 3.55. The van der Waals surface area contributed by atoms with Gasteiger partial charge in [-0.25, -0.2) is 0 Å². The fourth-order valence-corrected chi connectivity index (χ4v) is 2.77. The molecule has 0 aromatic heterocycles. The third kappa shape index (κ3) is 5.70. The predicted molar refractivity (Wildman–Crippen MR) is 86.2 cm³/mol. The topological polar surface area (TPSA) is 45.7 Å². The van der Waals surface area contributed by atoms with Crippen molar-refractivity contribution in [2.75, 3.05) is 20.2 Å². The lowest BCUT2D eigenvalue weighted by Crippen LogP contribution is -2.51. The van der Waals surface area contributed by atoms with Crippen molar-refractivity contribution in [3.05, 3.63) is 0 Å². The van der Waals surface area contributed by atoms with Crippen molar-refractivity contribution in [1.29, 1.82) is 0 Å². The van der Waals surface area contributed by atoms with E-state index in [1.54, 1.807) is 0 Å². The summed E-state index contributed by atoms with van der Waals surface area (Å²) in [5.41, 5.74) is 0.210. The number of aliphatic imine (C=N–C) groups is 1. The van der Waals surface area contributed by atoms with Gasteiger partial charge in [0.2, 0.25) is 0 Å². The van der Waals surface area contributed by atoms with Gasteiger partial charge in [-0.3, -0.25) is 4.99 Å². The van der Waals surface area contributed by atoms with Crippen molar-refractivity contribution in [3.8, 4) is 0 Å². The van der Waals surface area contributed by atoms with Crippen molar-refractivity contribution in [1.82, 2.24) is 10.6 Å². The molecule has 1 fully saturated rings. The van der Waals surface area contributed by atoms with Crippen LogP contribution in [0.25, 0.3) is 0 Å². The van der Waals surface area contributed by atoms with Crippen molar-refractivity contribution < 1.29 is 4.74 Å². The molecule has 4 heteroatoms. The van der Waals surface area contributed by atoms with Gasteiger partial charge in [0.15, 0.2) is 5.96 Å². The number of ether oxygens (including phenoxy) is 1. The second kappa shape index (κ2) is 6.79. The first-order valence-corrected chi connectivity index (χ1v) is 7.74. The van der Waals surface area contributed by atoms with Crippen LogP contribution in [0.4, 0.5) is 0 Å². The molecular weight excluding hydrogens is 250 g/mol. The van der Waals surface area contributed by atoms with E-state index >= 15 is 0 Å². The summed E-state index contributed by atoms with van der Waals surface area (Å²) in [6.45, 7) is 15.0. The van der Waals surface area contributed by atoms with E-state index in [9.17, 15) is 0 Å². The van der Waals surface area contributed by atoms with Gasteiger partial charge >= 0.3 is 0 Å². The number of nitrogens with one attached hydrogen (secondary N) is 2. The van der Waals surface area contributed by atoms with E-state index in [2.05, 4.69) is 57.2 Å². The Balaban J connectivity index is 2.57. The van der Waals surface area contributed by atoms with E-state index in [0.717, 1.165) is 25.5 Å². The molecule has 2 unspecified atom stereocenters. The number of rotatable bonds is 2. The first-order valence-electron chi connectivity index (χ1n) is 7.74. The molecule has 0 aliphatic carbocycles. The Kier molecular flexibility index (Phi) is 5.87. The van der Waals surface area contributed by atoms with E-state index < -0.39 is 0 Å². The highest BCUT2D eigenvalue weighted by molar-refractivity contribution is 5.80. The van der Waals surface area contributed by atoms with Crippen LogP contribution in [0.5, 0.6) is 0 Å². The lowest BCUT2D eigenvalue weighted by molar-refractivity contribution is -0.0835. The molecule has 2 atom stereocenters. The minimum atomic E-state index is 0.0222. The third-order valence-corrected chi connectivity index (χ3v) is 3.55. The van der Waals surface area contributed by atoms with Gasteiger partial charge in [-0.15, -0.1) is 0 Å². The zero-order valence-corrected chi connectivity index (χ0v) is 14.3. The smallest absolute Gasteiger partial charge is 0.191 e. The lowest BCUT2D eigenvalue weighted by atomic mass is 9.78. The highest BCUT2D eigenvalue weighted by Gasteiger charge is 2.35.